The van der Waals surface area contributed by atoms with Gasteiger partial charge in [-0.15, -0.1) is 11.3 Å². The summed E-state index contributed by atoms with van der Waals surface area (Å²) in [4.78, 5) is 9.27. The molecule has 322 valence electrons. The molecule has 0 N–H and O–H groups in total. The predicted molar refractivity (Wildman–Crippen MR) is 272 cm³/mol. The average molecular weight is 962 g/mol. The molecule has 0 spiro atoms. The Bertz CT molecular complexity index is 3360. The first-order valence-corrected chi connectivity index (χ1v) is 24.7. The van der Waals surface area contributed by atoms with Crippen molar-refractivity contribution in [2.45, 2.75) is 19.3 Å². The van der Waals surface area contributed by atoms with Gasteiger partial charge < -0.3 is 0 Å². The van der Waals surface area contributed by atoms with E-state index in [1.54, 1.807) is 11.3 Å². The Balaban J connectivity index is 0.969. The summed E-state index contributed by atoms with van der Waals surface area (Å²) in [6.45, 7) is 3.80. The van der Waals surface area contributed by atoms with E-state index in [1.807, 2.05) is 60.7 Å². The summed E-state index contributed by atoms with van der Waals surface area (Å²) >= 11 is 1.63. The minimum atomic E-state index is -0.457. The summed E-state index contributed by atoms with van der Waals surface area (Å²) < 4.78 is 62.0. The molecule has 0 unspecified atom stereocenters. The normalized spacial score (nSPS) is 14.7. The summed E-state index contributed by atoms with van der Waals surface area (Å²) in [7, 11) is 0. The third-order valence-electron chi connectivity index (χ3n) is 13.7. The summed E-state index contributed by atoms with van der Waals surface area (Å²) in [5, 5.41) is 3.26. The number of anilines is 8. The molecule has 2 aromatic heterocycles. The molecule has 4 nitrogen and oxygen atoms in total. The van der Waals surface area contributed by atoms with Crippen molar-refractivity contribution < 1.29 is 17.6 Å². The zero-order chi connectivity index (χ0) is 45.3. The van der Waals surface area contributed by atoms with Crippen LogP contribution in [0, 0.1) is 23.3 Å². The van der Waals surface area contributed by atoms with Crippen LogP contribution in [0.3, 0.4) is 0 Å². The van der Waals surface area contributed by atoms with Crippen molar-refractivity contribution in [3.8, 4) is 11.1 Å². The molecule has 0 fully saturated rings. The van der Waals surface area contributed by atoms with Crippen LogP contribution in [0.1, 0.15) is 25.0 Å². The van der Waals surface area contributed by atoms with Gasteiger partial charge in [0.25, 0.3) is 0 Å². The quantitative estimate of drug-likeness (QED) is 0.122. The molecule has 67 heavy (non-hydrogen) atoms. The SMILES string of the molecule is CC1(C)c2cc(B3N(c4ccc(F)cc4)c4sc5ccccc5c4N3c3ccc(F)cc3)ccc2-c2ccc(B3N(c4ccc(F)cc4)c4[se]c5ccccc5c4N3c3ccc(F)cc3)cc21. The fraction of sp³-hybridized carbons (Fsp3) is 0.0545. The Labute approximate surface area is 395 Å². The molecule has 3 aliphatic rings. The van der Waals surface area contributed by atoms with Gasteiger partial charge in [0.15, 0.2) is 0 Å². The molecule has 13 rings (SSSR count). The maximum atomic E-state index is 14.6. The van der Waals surface area contributed by atoms with Crippen molar-refractivity contribution in [1.29, 1.82) is 0 Å². The topological polar surface area (TPSA) is 13.0 Å². The number of rotatable bonds is 6. The van der Waals surface area contributed by atoms with E-state index >= 15 is 0 Å². The molecule has 8 aromatic carbocycles. The number of benzene rings is 8. The average Bonchev–Trinajstić information content (AvgIpc) is 4.12. The Morgan fingerprint density at radius 3 is 1.42 bits per heavy atom. The van der Waals surface area contributed by atoms with Crippen LogP contribution in [0.15, 0.2) is 182 Å². The molecule has 4 heterocycles. The fourth-order valence-electron chi connectivity index (χ4n) is 10.7. The van der Waals surface area contributed by atoms with Crippen molar-refractivity contribution in [3.63, 3.8) is 0 Å². The molecule has 10 aromatic rings. The van der Waals surface area contributed by atoms with Gasteiger partial charge in [0.05, 0.1) is 5.69 Å². The first-order valence-electron chi connectivity index (χ1n) is 22.1. The number of nitrogens with zero attached hydrogens (tertiary/aromatic N) is 4. The van der Waals surface area contributed by atoms with Crippen LogP contribution in [0.5, 0.6) is 0 Å². The monoisotopic (exact) mass is 962 g/mol. The third kappa shape index (κ3) is 6.13. The summed E-state index contributed by atoms with van der Waals surface area (Å²) in [6, 6.07) is 57.2. The molecule has 0 atom stereocenters. The molecule has 12 heteroatoms. The maximum absolute atomic E-state index is 14.6. The zero-order valence-electron chi connectivity index (χ0n) is 36.1. The van der Waals surface area contributed by atoms with Crippen molar-refractivity contribution in [3.05, 3.63) is 216 Å². The fourth-order valence-corrected chi connectivity index (χ4v) is 14.5. The second kappa shape index (κ2) is 15.0. The van der Waals surface area contributed by atoms with E-state index in [4.69, 9.17) is 0 Å². The summed E-state index contributed by atoms with van der Waals surface area (Å²) in [5.74, 6) is -1.23. The van der Waals surface area contributed by atoms with Gasteiger partial charge in [-0.25, -0.2) is 8.78 Å². The van der Waals surface area contributed by atoms with Crippen LogP contribution in [-0.2, 0) is 5.41 Å². The molecule has 0 saturated heterocycles. The molecule has 0 radical (unpaired) electrons. The van der Waals surface area contributed by atoms with Crippen molar-refractivity contribution in [1.82, 2.24) is 0 Å². The van der Waals surface area contributed by atoms with Crippen LogP contribution < -0.4 is 30.2 Å². The second-order valence-electron chi connectivity index (χ2n) is 17.9. The van der Waals surface area contributed by atoms with Gasteiger partial charge in [0.2, 0.25) is 0 Å². The van der Waals surface area contributed by atoms with E-state index in [9.17, 15) is 17.6 Å². The molecular weight excluding hydrogens is 925 g/mol. The summed E-state index contributed by atoms with van der Waals surface area (Å²) in [6.07, 6.45) is 0. The second-order valence-corrected chi connectivity index (χ2v) is 21.1. The predicted octanol–water partition coefficient (Wildman–Crippen LogP) is 13.3. The van der Waals surface area contributed by atoms with E-state index in [2.05, 4.69) is 106 Å². The van der Waals surface area contributed by atoms with Gasteiger partial charge in [-0.1, -0.05) is 18.2 Å². The Morgan fingerprint density at radius 2 is 0.881 bits per heavy atom. The molecule has 0 bridgehead atoms. The van der Waals surface area contributed by atoms with Crippen molar-refractivity contribution in [2.75, 3.05) is 19.2 Å². The number of hydrogen-bond acceptors (Lipinski definition) is 5. The van der Waals surface area contributed by atoms with Crippen LogP contribution >= 0.6 is 11.3 Å². The van der Waals surface area contributed by atoms with Gasteiger partial charge in [-0.3, -0.25) is 0 Å². The van der Waals surface area contributed by atoms with Crippen LogP contribution in [-0.4, -0.2) is 28.5 Å². The number of hydrogen-bond donors (Lipinski definition) is 0. The van der Waals surface area contributed by atoms with E-state index in [-0.39, 0.29) is 44.8 Å². The van der Waals surface area contributed by atoms with Gasteiger partial charge in [0.1, 0.15) is 16.6 Å². The zero-order valence-corrected chi connectivity index (χ0v) is 38.6. The summed E-state index contributed by atoms with van der Waals surface area (Å²) in [5.41, 5.74) is 11.8. The van der Waals surface area contributed by atoms with Crippen LogP contribution in [0.2, 0.25) is 0 Å². The van der Waals surface area contributed by atoms with Crippen molar-refractivity contribution in [2.24, 2.45) is 0 Å². The number of fused-ring (bicyclic) bond motifs is 9. The Morgan fingerprint density at radius 1 is 0.448 bits per heavy atom. The van der Waals surface area contributed by atoms with Gasteiger partial charge in [-0.05, 0) is 54.6 Å². The van der Waals surface area contributed by atoms with Crippen LogP contribution in [0.4, 0.5) is 61.2 Å². The van der Waals surface area contributed by atoms with Crippen LogP contribution in [0.25, 0.3) is 30.9 Å². The number of thiophene rings is 1. The Hall–Kier alpha value is -6.97. The molecule has 0 saturated carbocycles. The Kier molecular flexibility index (Phi) is 9.04. The van der Waals surface area contributed by atoms with Crippen molar-refractivity contribution >= 4 is 114 Å². The first kappa shape index (κ1) is 40.3. The molecule has 2 aliphatic heterocycles. The van der Waals surface area contributed by atoms with E-state index < -0.39 is 12.4 Å². The molecule has 0 amide bonds. The first-order chi connectivity index (χ1) is 32.6. The number of halogens is 4. The van der Waals surface area contributed by atoms with Gasteiger partial charge >= 0.3 is 261 Å². The van der Waals surface area contributed by atoms with E-state index in [0.29, 0.717) is 0 Å². The van der Waals surface area contributed by atoms with E-state index in [0.717, 1.165) is 81.2 Å². The standard InChI is InChI=1S/C55H36B2F4N4SSe/c1-55(2)47-31-33(56-62(39-21-13-35(58)14-22-39)51-45-7-3-5-9-49(45)66-53(51)64(56)41-25-17-37(60)18-26-41)11-29-43(47)44-30-12-34(32-48(44)55)57-63(40-23-15-36(59)16-24-40)52-46-8-4-6-10-50(46)67-54(52)65(57)42-27-19-38(61)20-28-42/h3-32H,1-2H3. The molecule has 1 aliphatic carbocycles. The minimum absolute atomic E-state index is 0.0601. The molecular formula is C55H36B2F4N4SSe. The van der Waals surface area contributed by atoms with Gasteiger partial charge in [0, 0.05) is 21.5 Å². The van der Waals surface area contributed by atoms with E-state index in [1.165, 1.54) is 63.9 Å². The van der Waals surface area contributed by atoms with Gasteiger partial charge in [-0.2, -0.15) is 0 Å². The third-order valence-corrected chi connectivity index (χ3v) is 17.3.